The van der Waals surface area contributed by atoms with Crippen LogP contribution < -0.4 is 11.1 Å². The number of rotatable bonds is 2. The van der Waals surface area contributed by atoms with E-state index in [1.54, 1.807) is 0 Å². The molecule has 17 heavy (non-hydrogen) atoms. The van der Waals surface area contributed by atoms with Crippen molar-refractivity contribution in [3.63, 3.8) is 0 Å². The van der Waals surface area contributed by atoms with Crippen molar-refractivity contribution in [2.24, 2.45) is 5.41 Å². The molecule has 1 fully saturated rings. The standard InChI is InChI=1S/C14H23N3/c1-10-9-16-13(7-12(10)15)17-11-5-4-6-14(2,3)8-11/h7,9,11H,4-6,8H2,1-3H3,(H3,15,16,17). The average molecular weight is 233 g/mol. The predicted octanol–water partition coefficient (Wildman–Crippen LogP) is 3.35. The van der Waals surface area contributed by atoms with Crippen molar-refractivity contribution in [2.45, 2.75) is 52.5 Å². The third-order valence-corrected chi connectivity index (χ3v) is 3.70. The number of pyridine rings is 1. The SMILES string of the molecule is Cc1cnc(NC2CCCC(C)(C)C2)cc1N. The minimum atomic E-state index is 0.451. The molecule has 0 aliphatic heterocycles. The molecule has 1 unspecified atom stereocenters. The normalized spacial score (nSPS) is 23.4. The molecule has 0 bridgehead atoms. The lowest BCUT2D eigenvalue weighted by molar-refractivity contribution is 0.229. The van der Waals surface area contributed by atoms with E-state index < -0.39 is 0 Å². The van der Waals surface area contributed by atoms with Crippen LogP contribution in [0.2, 0.25) is 0 Å². The van der Waals surface area contributed by atoms with E-state index in [1.165, 1.54) is 25.7 Å². The fraction of sp³-hybridized carbons (Fsp3) is 0.643. The molecule has 0 aromatic carbocycles. The highest BCUT2D eigenvalue weighted by Crippen LogP contribution is 2.36. The molecule has 1 atom stereocenters. The Kier molecular flexibility index (Phi) is 3.27. The summed E-state index contributed by atoms with van der Waals surface area (Å²) in [5.41, 5.74) is 8.21. The summed E-state index contributed by atoms with van der Waals surface area (Å²) in [5, 5.41) is 3.51. The Labute approximate surface area is 104 Å². The third-order valence-electron chi connectivity index (χ3n) is 3.70. The van der Waals surface area contributed by atoms with Crippen LogP contribution >= 0.6 is 0 Å². The zero-order chi connectivity index (χ0) is 12.5. The molecule has 3 heteroatoms. The first-order valence-electron chi connectivity index (χ1n) is 6.45. The Morgan fingerprint density at radius 3 is 2.88 bits per heavy atom. The highest BCUT2D eigenvalue weighted by molar-refractivity contribution is 5.53. The molecule has 3 nitrogen and oxygen atoms in total. The third kappa shape index (κ3) is 3.11. The lowest BCUT2D eigenvalue weighted by Gasteiger charge is -2.35. The molecule has 1 saturated carbocycles. The highest BCUT2D eigenvalue weighted by Gasteiger charge is 2.27. The van der Waals surface area contributed by atoms with Gasteiger partial charge in [-0.15, -0.1) is 0 Å². The second-order valence-corrected chi connectivity index (χ2v) is 6.03. The van der Waals surface area contributed by atoms with E-state index in [4.69, 9.17) is 5.73 Å². The zero-order valence-electron chi connectivity index (χ0n) is 11.1. The maximum absolute atomic E-state index is 5.90. The molecular formula is C14H23N3. The molecule has 94 valence electrons. The van der Waals surface area contributed by atoms with Gasteiger partial charge in [-0.25, -0.2) is 4.98 Å². The number of hydrogen-bond donors (Lipinski definition) is 2. The van der Waals surface area contributed by atoms with Crippen LogP contribution in [0, 0.1) is 12.3 Å². The number of aromatic nitrogens is 1. The first-order chi connectivity index (χ1) is 7.96. The van der Waals surface area contributed by atoms with E-state index in [2.05, 4.69) is 24.1 Å². The van der Waals surface area contributed by atoms with Gasteiger partial charge in [-0.2, -0.15) is 0 Å². The Balaban J connectivity index is 2.03. The van der Waals surface area contributed by atoms with Gasteiger partial charge in [0.25, 0.3) is 0 Å². The van der Waals surface area contributed by atoms with Crippen LogP contribution in [0.4, 0.5) is 11.5 Å². The van der Waals surface area contributed by atoms with Gasteiger partial charge < -0.3 is 11.1 Å². The molecular weight excluding hydrogens is 210 g/mol. The highest BCUT2D eigenvalue weighted by atomic mass is 15.0. The summed E-state index contributed by atoms with van der Waals surface area (Å²) < 4.78 is 0. The topological polar surface area (TPSA) is 50.9 Å². The minimum absolute atomic E-state index is 0.451. The van der Waals surface area contributed by atoms with Gasteiger partial charge in [0.2, 0.25) is 0 Å². The van der Waals surface area contributed by atoms with Crippen LogP contribution in [0.5, 0.6) is 0 Å². The number of nitrogen functional groups attached to an aromatic ring is 1. The summed E-state index contributed by atoms with van der Waals surface area (Å²) in [6.07, 6.45) is 6.91. The van der Waals surface area contributed by atoms with E-state index in [1.807, 2.05) is 19.2 Å². The molecule has 3 N–H and O–H groups in total. The smallest absolute Gasteiger partial charge is 0.128 e. The van der Waals surface area contributed by atoms with E-state index >= 15 is 0 Å². The van der Waals surface area contributed by atoms with Crippen LogP contribution in [-0.4, -0.2) is 11.0 Å². The van der Waals surface area contributed by atoms with E-state index in [0.717, 1.165) is 17.1 Å². The van der Waals surface area contributed by atoms with Crippen molar-refractivity contribution in [3.05, 3.63) is 17.8 Å². The number of nitrogens with two attached hydrogens (primary N) is 1. The second kappa shape index (κ2) is 4.55. The fourth-order valence-corrected chi connectivity index (χ4v) is 2.65. The van der Waals surface area contributed by atoms with E-state index in [0.29, 0.717) is 11.5 Å². The van der Waals surface area contributed by atoms with Gasteiger partial charge in [-0.05, 0) is 37.2 Å². The first-order valence-corrected chi connectivity index (χ1v) is 6.45. The lowest BCUT2D eigenvalue weighted by Crippen LogP contribution is -2.32. The van der Waals surface area contributed by atoms with Crippen molar-refractivity contribution in [2.75, 3.05) is 11.1 Å². The molecule has 0 spiro atoms. The monoisotopic (exact) mass is 233 g/mol. The quantitative estimate of drug-likeness (QED) is 0.823. The molecule has 2 rings (SSSR count). The van der Waals surface area contributed by atoms with Gasteiger partial charge in [-0.1, -0.05) is 20.3 Å². The fourth-order valence-electron chi connectivity index (χ4n) is 2.65. The van der Waals surface area contributed by atoms with Gasteiger partial charge in [0.1, 0.15) is 5.82 Å². The number of nitrogens with one attached hydrogen (secondary N) is 1. The van der Waals surface area contributed by atoms with E-state index in [-0.39, 0.29) is 0 Å². The number of nitrogens with zero attached hydrogens (tertiary/aromatic N) is 1. The van der Waals surface area contributed by atoms with Gasteiger partial charge in [0.05, 0.1) is 0 Å². The average Bonchev–Trinajstić information content (AvgIpc) is 2.22. The molecule has 1 aliphatic carbocycles. The summed E-state index contributed by atoms with van der Waals surface area (Å²) in [6.45, 7) is 6.67. The lowest BCUT2D eigenvalue weighted by atomic mass is 9.75. The van der Waals surface area contributed by atoms with Gasteiger partial charge >= 0.3 is 0 Å². The zero-order valence-corrected chi connectivity index (χ0v) is 11.1. The van der Waals surface area contributed by atoms with Gasteiger partial charge in [0, 0.05) is 24.0 Å². The van der Waals surface area contributed by atoms with E-state index in [9.17, 15) is 0 Å². The van der Waals surface area contributed by atoms with Crippen LogP contribution in [0.15, 0.2) is 12.3 Å². The summed E-state index contributed by atoms with van der Waals surface area (Å²) >= 11 is 0. The predicted molar refractivity (Wildman–Crippen MR) is 73.0 cm³/mol. The largest absolute Gasteiger partial charge is 0.398 e. The number of hydrogen-bond acceptors (Lipinski definition) is 3. The molecule has 1 aromatic heterocycles. The van der Waals surface area contributed by atoms with Crippen LogP contribution in [-0.2, 0) is 0 Å². The molecule has 0 saturated heterocycles. The Hall–Kier alpha value is -1.25. The summed E-state index contributed by atoms with van der Waals surface area (Å²) in [4.78, 5) is 4.39. The molecule has 1 heterocycles. The summed E-state index contributed by atoms with van der Waals surface area (Å²) in [7, 11) is 0. The van der Waals surface area contributed by atoms with Gasteiger partial charge in [-0.3, -0.25) is 0 Å². The Morgan fingerprint density at radius 1 is 1.47 bits per heavy atom. The van der Waals surface area contributed by atoms with Crippen molar-refractivity contribution in [3.8, 4) is 0 Å². The van der Waals surface area contributed by atoms with Crippen molar-refractivity contribution in [1.29, 1.82) is 0 Å². The minimum Gasteiger partial charge on any atom is -0.398 e. The summed E-state index contributed by atoms with van der Waals surface area (Å²) in [5.74, 6) is 0.913. The van der Waals surface area contributed by atoms with Crippen LogP contribution in [0.25, 0.3) is 0 Å². The second-order valence-electron chi connectivity index (χ2n) is 6.03. The molecule has 0 amide bonds. The maximum Gasteiger partial charge on any atom is 0.128 e. The van der Waals surface area contributed by atoms with Crippen LogP contribution in [0.1, 0.15) is 45.1 Å². The van der Waals surface area contributed by atoms with Crippen molar-refractivity contribution < 1.29 is 0 Å². The Morgan fingerprint density at radius 2 is 2.24 bits per heavy atom. The number of anilines is 2. The summed E-state index contributed by atoms with van der Waals surface area (Å²) in [6, 6.07) is 2.48. The maximum atomic E-state index is 5.90. The first kappa shape index (κ1) is 12.2. The van der Waals surface area contributed by atoms with Crippen LogP contribution in [0.3, 0.4) is 0 Å². The number of aryl methyl sites for hydroxylation is 1. The Bertz CT molecular complexity index is 398. The van der Waals surface area contributed by atoms with Crippen molar-refractivity contribution >= 4 is 11.5 Å². The molecule has 1 aromatic rings. The molecule has 1 aliphatic rings. The van der Waals surface area contributed by atoms with Gasteiger partial charge in [0.15, 0.2) is 0 Å². The molecule has 0 radical (unpaired) electrons. The van der Waals surface area contributed by atoms with Crippen molar-refractivity contribution in [1.82, 2.24) is 4.98 Å².